The number of urea groups is 1. The first-order valence-corrected chi connectivity index (χ1v) is 11.4. The summed E-state index contributed by atoms with van der Waals surface area (Å²) in [6.07, 6.45) is 0. The van der Waals surface area contributed by atoms with Crippen molar-refractivity contribution in [3.05, 3.63) is 59.7 Å². The third kappa shape index (κ3) is 5.61. The largest absolute Gasteiger partial charge is 0.497 e. The van der Waals surface area contributed by atoms with Crippen molar-refractivity contribution in [1.82, 2.24) is 10.6 Å². The van der Waals surface area contributed by atoms with Crippen molar-refractivity contribution in [2.45, 2.75) is 17.0 Å². The fraction of sp³-hybridized carbons (Fsp3) is 0.333. The van der Waals surface area contributed by atoms with Gasteiger partial charge in [0.1, 0.15) is 17.0 Å². The van der Waals surface area contributed by atoms with Crippen LogP contribution in [0.4, 0.5) is 4.79 Å². The molecule has 1 aliphatic heterocycles. The number of hydrogen-bond donors (Lipinski definition) is 2. The lowest BCUT2D eigenvalue weighted by molar-refractivity contribution is -0.122. The molecule has 0 aliphatic carbocycles. The summed E-state index contributed by atoms with van der Waals surface area (Å²) in [5.74, 6) is 3.88. The molecule has 2 aromatic rings. The molecular formula is C21H24N2O4S2. The molecule has 8 heteroatoms. The van der Waals surface area contributed by atoms with Crippen molar-refractivity contribution in [2.75, 3.05) is 25.7 Å². The van der Waals surface area contributed by atoms with E-state index in [2.05, 4.69) is 10.6 Å². The summed E-state index contributed by atoms with van der Waals surface area (Å²) in [5, 5.41) is 5.23. The van der Waals surface area contributed by atoms with Crippen molar-refractivity contribution in [3.63, 3.8) is 0 Å². The number of nitrogens with one attached hydrogen (secondary N) is 2. The molecule has 1 fully saturated rings. The molecule has 2 aromatic carbocycles. The highest BCUT2D eigenvalue weighted by molar-refractivity contribution is 7.99. The summed E-state index contributed by atoms with van der Waals surface area (Å²) < 4.78 is 10.3. The van der Waals surface area contributed by atoms with Crippen LogP contribution in [0.1, 0.15) is 11.1 Å². The zero-order valence-electron chi connectivity index (χ0n) is 16.4. The molecule has 29 heavy (non-hydrogen) atoms. The molecule has 3 amide bonds. The lowest BCUT2D eigenvalue weighted by Gasteiger charge is -2.25. The van der Waals surface area contributed by atoms with Gasteiger partial charge in [0, 0.05) is 23.0 Å². The molecule has 0 atom stereocenters. The first-order valence-electron chi connectivity index (χ1n) is 9.09. The van der Waals surface area contributed by atoms with Gasteiger partial charge in [-0.05, 0) is 35.4 Å². The third-order valence-electron chi connectivity index (χ3n) is 4.57. The molecular weight excluding hydrogens is 408 g/mol. The molecule has 0 bridgehead atoms. The molecule has 0 unspecified atom stereocenters. The summed E-state index contributed by atoms with van der Waals surface area (Å²) in [4.78, 5) is 24.3. The van der Waals surface area contributed by atoms with Crippen molar-refractivity contribution in [2.24, 2.45) is 0 Å². The Morgan fingerprint density at radius 1 is 0.793 bits per heavy atom. The number of benzene rings is 2. The van der Waals surface area contributed by atoms with Crippen LogP contribution >= 0.6 is 23.5 Å². The van der Waals surface area contributed by atoms with E-state index in [1.54, 1.807) is 37.7 Å². The van der Waals surface area contributed by atoms with Crippen LogP contribution in [-0.4, -0.2) is 43.2 Å². The summed E-state index contributed by atoms with van der Waals surface area (Å²) in [6, 6.07) is 15.3. The lowest BCUT2D eigenvalue weighted by Crippen LogP contribution is -2.51. The molecule has 1 aliphatic rings. The quantitative estimate of drug-likeness (QED) is 0.560. The van der Waals surface area contributed by atoms with Crippen LogP contribution in [0.15, 0.2) is 48.5 Å². The van der Waals surface area contributed by atoms with Crippen LogP contribution in [0.5, 0.6) is 11.5 Å². The first-order chi connectivity index (χ1) is 14.0. The van der Waals surface area contributed by atoms with Crippen LogP contribution in [0.3, 0.4) is 0 Å². The monoisotopic (exact) mass is 432 g/mol. The van der Waals surface area contributed by atoms with E-state index >= 15 is 0 Å². The second-order valence-corrected chi connectivity index (χ2v) is 8.64. The summed E-state index contributed by atoms with van der Waals surface area (Å²) >= 11 is 3.25. The van der Waals surface area contributed by atoms with Crippen molar-refractivity contribution < 1.29 is 19.1 Å². The number of carbonyl (C=O) groups excluding carboxylic acids is 2. The average Bonchev–Trinajstić information content (AvgIpc) is 3.02. The van der Waals surface area contributed by atoms with Crippen LogP contribution in [-0.2, 0) is 16.3 Å². The second-order valence-electron chi connectivity index (χ2n) is 6.67. The van der Waals surface area contributed by atoms with Gasteiger partial charge in [0.2, 0.25) is 0 Å². The Morgan fingerprint density at radius 3 is 1.59 bits per heavy atom. The SMILES string of the molecule is COc1ccc(CSCC2(CSCc3ccc(OC)cc3)NC(=O)NC2=O)cc1. The number of carbonyl (C=O) groups is 2. The third-order valence-corrected chi connectivity index (χ3v) is 7.04. The van der Waals surface area contributed by atoms with Crippen LogP contribution < -0.4 is 20.1 Å². The molecule has 0 radical (unpaired) electrons. The Hall–Kier alpha value is -2.32. The number of amides is 3. The second kappa shape index (κ2) is 9.93. The van der Waals surface area contributed by atoms with E-state index in [9.17, 15) is 9.59 Å². The molecule has 2 N–H and O–H groups in total. The number of methoxy groups -OCH3 is 2. The minimum atomic E-state index is -0.897. The van der Waals surface area contributed by atoms with E-state index < -0.39 is 11.6 Å². The van der Waals surface area contributed by atoms with Crippen molar-refractivity contribution in [3.8, 4) is 11.5 Å². The van der Waals surface area contributed by atoms with Gasteiger partial charge in [-0.15, -0.1) is 0 Å². The van der Waals surface area contributed by atoms with Gasteiger partial charge < -0.3 is 14.8 Å². The van der Waals surface area contributed by atoms with Gasteiger partial charge in [0.25, 0.3) is 5.91 Å². The molecule has 1 saturated heterocycles. The number of ether oxygens (including phenoxy) is 2. The van der Waals surface area contributed by atoms with E-state index in [1.807, 2.05) is 48.5 Å². The van der Waals surface area contributed by atoms with Crippen LogP contribution in [0.25, 0.3) is 0 Å². The highest BCUT2D eigenvalue weighted by atomic mass is 32.2. The maximum absolute atomic E-state index is 12.5. The van der Waals surface area contributed by atoms with Gasteiger partial charge in [-0.25, -0.2) is 4.79 Å². The van der Waals surface area contributed by atoms with Gasteiger partial charge in [-0.2, -0.15) is 23.5 Å². The van der Waals surface area contributed by atoms with Gasteiger partial charge in [-0.1, -0.05) is 24.3 Å². The van der Waals surface area contributed by atoms with E-state index in [-0.39, 0.29) is 5.91 Å². The highest BCUT2D eigenvalue weighted by Crippen LogP contribution is 2.27. The molecule has 0 aromatic heterocycles. The fourth-order valence-corrected chi connectivity index (χ4v) is 5.40. The zero-order valence-corrected chi connectivity index (χ0v) is 18.0. The predicted molar refractivity (Wildman–Crippen MR) is 118 cm³/mol. The van der Waals surface area contributed by atoms with Crippen LogP contribution in [0.2, 0.25) is 0 Å². The van der Waals surface area contributed by atoms with Crippen molar-refractivity contribution in [1.29, 1.82) is 0 Å². The summed E-state index contributed by atoms with van der Waals surface area (Å²) in [5.41, 5.74) is 1.38. The smallest absolute Gasteiger partial charge is 0.322 e. The maximum Gasteiger partial charge on any atom is 0.322 e. The first kappa shape index (κ1) is 21.4. The summed E-state index contributed by atoms with van der Waals surface area (Å²) in [6.45, 7) is 0. The van der Waals surface area contributed by atoms with Gasteiger partial charge in [-0.3, -0.25) is 10.1 Å². The Balaban J connectivity index is 1.56. The standard InChI is InChI=1S/C21H24N2O4S2/c1-26-17-7-3-15(4-8-17)11-28-13-21(19(24)22-20(25)23-21)14-29-12-16-5-9-18(27-2)10-6-16/h3-10H,11-14H2,1-2H3,(H2,22,23,24,25). The maximum atomic E-state index is 12.5. The van der Waals surface area contributed by atoms with Crippen molar-refractivity contribution >= 4 is 35.5 Å². The minimum Gasteiger partial charge on any atom is -0.497 e. The average molecular weight is 433 g/mol. The van der Waals surface area contributed by atoms with E-state index in [0.717, 1.165) is 34.1 Å². The van der Waals surface area contributed by atoms with E-state index in [1.165, 1.54) is 0 Å². The molecule has 0 spiro atoms. The normalized spacial score (nSPS) is 15.0. The van der Waals surface area contributed by atoms with Gasteiger partial charge in [0.05, 0.1) is 14.2 Å². The molecule has 3 rings (SSSR count). The molecule has 1 heterocycles. The number of rotatable bonds is 10. The lowest BCUT2D eigenvalue weighted by atomic mass is 10.1. The minimum absolute atomic E-state index is 0.257. The van der Waals surface area contributed by atoms with E-state index in [4.69, 9.17) is 9.47 Å². The van der Waals surface area contributed by atoms with Gasteiger partial charge in [0.15, 0.2) is 0 Å². The zero-order chi connectivity index (χ0) is 20.7. The molecule has 6 nitrogen and oxygen atoms in total. The Morgan fingerprint density at radius 2 is 1.24 bits per heavy atom. The predicted octanol–water partition coefficient (Wildman–Crippen LogP) is 3.45. The fourth-order valence-electron chi connectivity index (χ4n) is 2.90. The highest BCUT2D eigenvalue weighted by Gasteiger charge is 2.45. The van der Waals surface area contributed by atoms with E-state index in [0.29, 0.717) is 11.5 Å². The topological polar surface area (TPSA) is 76.7 Å². The number of hydrogen-bond acceptors (Lipinski definition) is 6. The number of thioether (sulfide) groups is 2. The van der Waals surface area contributed by atoms with Gasteiger partial charge >= 0.3 is 6.03 Å². The summed E-state index contributed by atoms with van der Waals surface area (Å²) in [7, 11) is 3.27. The molecule has 154 valence electrons. The number of imide groups is 1. The Bertz CT molecular complexity index is 787. The van der Waals surface area contributed by atoms with Crippen LogP contribution in [0, 0.1) is 0 Å². The Kier molecular flexibility index (Phi) is 7.33. The molecule has 0 saturated carbocycles. The Labute approximate surface area is 179 Å².